The van der Waals surface area contributed by atoms with Crippen LogP contribution >= 0.6 is 11.3 Å². The van der Waals surface area contributed by atoms with E-state index in [1.165, 1.54) is 11.3 Å². The van der Waals surface area contributed by atoms with E-state index in [9.17, 15) is 4.79 Å². The number of carbonyl (C=O) groups is 1. The first-order valence-corrected chi connectivity index (χ1v) is 6.57. The van der Waals surface area contributed by atoms with Crippen LogP contribution in [-0.2, 0) is 13.1 Å². The van der Waals surface area contributed by atoms with Crippen LogP contribution in [0, 0.1) is 0 Å². The van der Waals surface area contributed by atoms with Crippen molar-refractivity contribution in [1.29, 1.82) is 0 Å². The molecule has 0 aliphatic rings. The fourth-order valence-corrected chi connectivity index (χ4v) is 2.42. The minimum Gasteiger partial charge on any atom is -0.481 e. The van der Waals surface area contributed by atoms with Gasteiger partial charge in [-0.3, -0.25) is 0 Å². The molecule has 2 aromatic rings. The molecule has 0 spiro atoms. The number of aromatic nitrogens is 1. The number of methoxy groups -OCH3 is 1. The highest BCUT2D eigenvalue weighted by Crippen LogP contribution is 2.15. The summed E-state index contributed by atoms with van der Waals surface area (Å²) in [5, 5.41) is 13.7. The maximum atomic E-state index is 10.7. The Morgan fingerprint density at radius 1 is 1.47 bits per heavy atom. The standard InChI is InChI=1S/C13H14N2O3S/c1-18-12-4-9(2-3-15-12)6-14-7-11-5-10(8-19-11)13(16)17/h2-5,8,14H,6-7H2,1H3,(H,16,17). The number of carboxylic acid groups (broad SMARTS) is 1. The second-order valence-electron chi connectivity index (χ2n) is 3.92. The van der Waals surface area contributed by atoms with E-state index in [1.54, 1.807) is 24.8 Å². The van der Waals surface area contributed by atoms with Crippen LogP contribution in [0.25, 0.3) is 0 Å². The Labute approximate surface area is 114 Å². The zero-order valence-electron chi connectivity index (χ0n) is 10.4. The Kier molecular flexibility index (Phi) is 4.48. The molecule has 0 amide bonds. The van der Waals surface area contributed by atoms with Crippen LogP contribution in [0.3, 0.4) is 0 Å². The van der Waals surface area contributed by atoms with Gasteiger partial charge in [0.1, 0.15) is 0 Å². The number of rotatable bonds is 6. The molecule has 5 nitrogen and oxygen atoms in total. The number of pyridine rings is 1. The lowest BCUT2D eigenvalue weighted by Crippen LogP contribution is -2.12. The third-order valence-corrected chi connectivity index (χ3v) is 3.47. The molecule has 2 aromatic heterocycles. The van der Waals surface area contributed by atoms with Crippen molar-refractivity contribution in [3.8, 4) is 5.88 Å². The number of nitrogens with zero attached hydrogens (tertiary/aromatic N) is 1. The molecule has 0 aromatic carbocycles. The molecule has 0 saturated carbocycles. The Morgan fingerprint density at radius 3 is 3.00 bits per heavy atom. The average Bonchev–Trinajstić information content (AvgIpc) is 2.88. The normalized spacial score (nSPS) is 10.4. The number of thiophene rings is 1. The SMILES string of the molecule is COc1cc(CNCc2cc(C(=O)O)cs2)ccn1. The number of nitrogens with one attached hydrogen (secondary N) is 1. The Morgan fingerprint density at radius 2 is 2.32 bits per heavy atom. The molecule has 19 heavy (non-hydrogen) atoms. The molecule has 0 fully saturated rings. The van der Waals surface area contributed by atoms with Crippen LogP contribution in [0.4, 0.5) is 0 Å². The topological polar surface area (TPSA) is 71.5 Å². The van der Waals surface area contributed by atoms with Gasteiger partial charge in [0.25, 0.3) is 0 Å². The number of hydrogen-bond acceptors (Lipinski definition) is 5. The minimum atomic E-state index is -0.888. The van der Waals surface area contributed by atoms with Crippen molar-refractivity contribution in [2.75, 3.05) is 7.11 Å². The highest BCUT2D eigenvalue weighted by atomic mass is 32.1. The molecule has 0 saturated heterocycles. The molecular formula is C13H14N2O3S. The maximum Gasteiger partial charge on any atom is 0.336 e. The van der Waals surface area contributed by atoms with Gasteiger partial charge < -0.3 is 15.2 Å². The van der Waals surface area contributed by atoms with Crippen molar-refractivity contribution in [1.82, 2.24) is 10.3 Å². The van der Waals surface area contributed by atoms with E-state index in [1.807, 2.05) is 12.1 Å². The van der Waals surface area contributed by atoms with Crippen molar-refractivity contribution in [2.24, 2.45) is 0 Å². The first kappa shape index (κ1) is 13.5. The van der Waals surface area contributed by atoms with Gasteiger partial charge in [-0.2, -0.15) is 0 Å². The third-order valence-electron chi connectivity index (χ3n) is 2.54. The fourth-order valence-electron chi connectivity index (χ4n) is 1.59. The number of carboxylic acids is 1. The quantitative estimate of drug-likeness (QED) is 0.847. The molecule has 2 heterocycles. The minimum absolute atomic E-state index is 0.340. The summed E-state index contributed by atoms with van der Waals surface area (Å²) in [6.07, 6.45) is 1.70. The van der Waals surface area contributed by atoms with Gasteiger partial charge in [-0.05, 0) is 17.7 Å². The van der Waals surface area contributed by atoms with Crippen molar-refractivity contribution in [3.63, 3.8) is 0 Å². The smallest absolute Gasteiger partial charge is 0.336 e. The van der Waals surface area contributed by atoms with Crippen molar-refractivity contribution >= 4 is 17.3 Å². The number of hydrogen-bond donors (Lipinski definition) is 2. The van der Waals surface area contributed by atoms with Gasteiger partial charge >= 0.3 is 5.97 Å². The van der Waals surface area contributed by atoms with E-state index in [2.05, 4.69) is 10.3 Å². The van der Waals surface area contributed by atoms with E-state index in [0.29, 0.717) is 24.5 Å². The summed E-state index contributed by atoms with van der Waals surface area (Å²) in [7, 11) is 1.58. The summed E-state index contributed by atoms with van der Waals surface area (Å²) in [5.74, 6) is -0.301. The zero-order chi connectivity index (χ0) is 13.7. The van der Waals surface area contributed by atoms with Crippen molar-refractivity contribution < 1.29 is 14.6 Å². The second-order valence-corrected chi connectivity index (χ2v) is 4.91. The summed E-state index contributed by atoms with van der Waals surface area (Å²) in [5.41, 5.74) is 1.41. The van der Waals surface area contributed by atoms with Crippen LogP contribution in [-0.4, -0.2) is 23.2 Å². The largest absolute Gasteiger partial charge is 0.481 e. The summed E-state index contributed by atoms with van der Waals surface area (Å²) >= 11 is 1.44. The van der Waals surface area contributed by atoms with Crippen LogP contribution in [0.15, 0.2) is 29.8 Å². The van der Waals surface area contributed by atoms with Crippen LogP contribution in [0.1, 0.15) is 20.8 Å². The maximum absolute atomic E-state index is 10.7. The van der Waals surface area contributed by atoms with Gasteiger partial charge in [0.2, 0.25) is 5.88 Å². The van der Waals surface area contributed by atoms with E-state index < -0.39 is 5.97 Å². The zero-order valence-corrected chi connectivity index (χ0v) is 11.2. The number of aromatic carboxylic acids is 1. The monoisotopic (exact) mass is 278 g/mol. The molecule has 2 N–H and O–H groups in total. The Bertz CT molecular complexity index is 569. The predicted molar refractivity (Wildman–Crippen MR) is 72.6 cm³/mol. The van der Waals surface area contributed by atoms with Gasteiger partial charge in [0.05, 0.1) is 12.7 Å². The summed E-state index contributed by atoms with van der Waals surface area (Å²) in [6, 6.07) is 5.46. The van der Waals surface area contributed by atoms with Gasteiger partial charge in [-0.1, -0.05) is 0 Å². The highest BCUT2D eigenvalue weighted by Gasteiger charge is 2.06. The molecule has 6 heteroatoms. The molecule has 0 aliphatic heterocycles. The Balaban J connectivity index is 1.86. The lowest BCUT2D eigenvalue weighted by molar-refractivity contribution is 0.0697. The summed E-state index contributed by atoms with van der Waals surface area (Å²) < 4.78 is 5.05. The summed E-state index contributed by atoms with van der Waals surface area (Å²) in [4.78, 5) is 15.8. The molecule has 0 atom stereocenters. The van der Waals surface area contributed by atoms with Gasteiger partial charge in [-0.15, -0.1) is 11.3 Å². The van der Waals surface area contributed by atoms with Crippen LogP contribution in [0.5, 0.6) is 5.88 Å². The van der Waals surface area contributed by atoms with Crippen LogP contribution < -0.4 is 10.1 Å². The first-order valence-electron chi connectivity index (χ1n) is 5.69. The lowest BCUT2D eigenvalue weighted by atomic mass is 10.2. The van der Waals surface area contributed by atoms with E-state index in [0.717, 1.165) is 10.4 Å². The van der Waals surface area contributed by atoms with E-state index in [-0.39, 0.29) is 0 Å². The predicted octanol–water partition coefficient (Wildman–Crippen LogP) is 2.14. The highest BCUT2D eigenvalue weighted by molar-refractivity contribution is 7.10. The molecule has 0 bridgehead atoms. The molecule has 100 valence electrons. The number of ether oxygens (including phenoxy) is 1. The average molecular weight is 278 g/mol. The van der Waals surface area contributed by atoms with E-state index in [4.69, 9.17) is 9.84 Å². The second kappa shape index (κ2) is 6.31. The summed E-state index contributed by atoms with van der Waals surface area (Å²) in [6.45, 7) is 1.32. The molecule has 0 aliphatic carbocycles. The van der Waals surface area contributed by atoms with Gasteiger partial charge in [-0.25, -0.2) is 9.78 Å². The Hall–Kier alpha value is -1.92. The van der Waals surface area contributed by atoms with Gasteiger partial charge in [0.15, 0.2) is 0 Å². The first-order chi connectivity index (χ1) is 9.19. The third kappa shape index (κ3) is 3.77. The van der Waals surface area contributed by atoms with Gasteiger partial charge in [0, 0.05) is 35.6 Å². The van der Waals surface area contributed by atoms with E-state index >= 15 is 0 Å². The molecule has 0 unspecified atom stereocenters. The van der Waals surface area contributed by atoms with Crippen LogP contribution in [0.2, 0.25) is 0 Å². The van der Waals surface area contributed by atoms with Crippen molar-refractivity contribution in [2.45, 2.75) is 13.1 Å². The molecular weight excluding hydrogens is 264 g/mol. The molecule has 0 radical (unpaired) electrons. The molecule has 2 rings (SSSR count). The van der Waals surface area contributed by atoms with Crippen molar-refractivity contribution in [3.05, 3.63) is 45.8 Å². The fraction of sp³-hybridized carbons (Fsp3) is 0.231. The lowest BCUT2D eigenvalue weighted by Gasteiger charge is -2.04.